The van der Waals surface area contributed by atoms with Gasteiger partial charge in [-0.3, -0.25) is 9.59 Å². The summed E-state index contributed by atoms with van der Waals surface area (Å²) < 4.78 is 0. The Balaban J connectivity index is 1.52. The van der Waals surface area contributed by atoms with Crippen LogP contribution in [0.1, 0.15) is 29.2 Å². The van der Waals surface area contributed by atoms with E-state index < -0.39 is 0 Å². The van der Waals surface area contributed by atoms with Crippen molar-refractivity contribution in [1.82, 2.24) is 5.32 Å². The van der Waals surface area contributed by atoms with E-state index in [2.05, 4.69) is 5.32 Å². The van der Waals surface area contributed by atoms with E-state index in [0.717, 1.165) is 22.4 Å². The quantitative estimate of drug-likeness (QED) is 0.715. The molecule has 0 spiro atoms. The summed E-state index contributed by atoms with van der Waals surface area (Å²) in [6, 6.07) is 27.4. The zero-order valence-corrected chi connectivity index (χ0v) is 16.4. The number of carbonyl (C=O) groups excluding carboxylic acids is 2. The molecule has 0 aliphatic carbocycles. The third kappa shape index (κ3) is 4.21. The average molecular weight is 384 g/mol. The lowest BCUT2D eigenvalue weighted by atomic mass is 9.97. The highest BCUT2D eigenvalue weighted by molar-refractivity contribution is 6.00. The lowest BCUT2D eigenvalue weighted by Crippen LogP contribution is -2.36. The second-order valence-corrected chi connectivity index (χ2v) is 7.50. The van der Waals surface area contributed by atoms with Crippen molar-refractivity contribution in [3.63, 3.8) is 0 Å². The van der Waals surface area contributed by atoms with Crippen LogP contribution in [0.5, 0.6) is 0 Å². The molecule has 4 nitrogen and oxygen atoms in total. The Hall–Kier alpha value is -3.40. The predicted octanol–water partition coefficient (Wildman–Crippen LogP) is 4.25. The van der Waals surface area contributed by atoms with E-state index >= 15 is 0 Å². The van der Waals surface area contributed by atoms with Crippen molar-refractivity contribution in [2.45, 2.75) is 19.4 Å². The summed E-state index contributed by atoms with van der Waals surface area (Å²) in [4.78, 5) is 27.3. The number of nitrogens with zero attached hydrogens (tertiary/aromatic N) is 1. The molecule has 0 bridgehead atoms. The molecule has 4 heteroatoms. The highest BCUT2D eigenvalue weighted by Gasteiger charge is 2.36. The molecule has 3 aromatic rings. The summed E-state index contributed by atoms with van der Waals surface area (Å²) in [7, 11) is 0. The van der Waals surface area contributed by atoms with Gasteiger partial charge < -0.3 is 10.2 Å². The van der Waals surface area contributed by atoms with E-state index in [1.807, 2.05) is 91.9 Å². The molecule has 0 aromatic heterocycles. The number of hydrogen-bond acceptors (Lipinski definition) is 2. The van der Waals surface area contributed by atoms with E-state index in [1.165, 1.54) is 0 Å². The molecule has 1 saturated heterocycles. The number of amides is 2. The van der Waals surface area contributed by atoms with Crippen LogP contribution in [0.4, 0.5) is 5.69 Å². The minimum absolute atomic E-state index is 0.00928. The van der Waals surface area contributed by atoms with E-state index in [0.29, 0.717) is 6.54 Å². The van der Waals surface area contributed by atoms with Crippen LogP contribution in [0.15, 0.2) is 84.9 Å². The standard InChI is InChI=1S/C25H24N2O2/c1-18-12-14-22(15-13-18)27-17-21(16-23(27)28)25(29)26-24(19-8-4-2-5-9-19)20-10-6-3-7-11-20/h2-15,21,24H,16-17H2,1H3,(H,26,29)/t21-/m0/s1. The summed E-state index contributed by atoms with van der Waals surface area (Å²) in [5, 5.41) is 3.18. The Morgan fingerprint density at radius 3 is 2.00 bits per heavy atom. The molecule has 4 rings (SSSR count). The molecule has 1 aliphatic rings. The van der Waals surface area contributed by atoms with E-state index in [1.54, 1.807) is 4.90 Å². The molecule has 0 unspecified atom stereocenters. The van der Waals surface area contributed by atoms with Gasteiger partial charge in [-0.15, -0.1) is 0 Å². The lowest BCUT2D eigenvalue weighted by Gasteiger charge is -2.22. The molecule has 29 heavy (non-hydrogen) atoms. The van der Waals surface area contributed by atoms with Gasteiger partial charge in [0.15, 0.2) is 0 Å². The van der Waals surface area contributed by atoms with Gasteiger partial charge in [-0.05, 0) is 30.2 Å². The molecule has 3 aromatic carbocycles. The van der Waals surface area contributed by atoms with Crippen LogP contribution < -0.4 is 10.2 Å². The summed E-state index contributed by atoms with van der Waals surface area (Å²) in [6.07, 6.45) is 0.232. The van der Waals surface area contributed by atoms with Gasteiger partial charge in [0.2, 0.25) is 11.8 Å². The molecular formula is C25H24N2O2. The average Bonchev–Trinajstić information content (AvgIpc) is 3.15. The topological polar surface area (TPSA) is 49.4 Å². The van der Waals surface area contributed by atoms with Crippen LogP contribution in [0.25, 0.3) is 0 Å². The van der Waals surface area contributed by atoms with Crippen molar-refractivity contribution < 1.29 is 9.59 Å². The minimum Gasteiger partial charge on any atom is -0.345 e. The highest BCUT2D eigenvalue weighted by atomic mass is 16.2. The van der Waals surface area contributed by atoms with Gasteiger partial charge in [-0.1, -0.05) is 78.4 Å². The van der Waals surface area contributed by atoms with Crippen LogP contribution in [-0.4, -0.2) is 18.4 Å². The monoisotopic (exact) mass is 384 g/mol. The normalized spacial score (nSPS) is 16.3. The zero-order valence-electron chi connectivity index (χ0n) is 16.4. The largest absolute Gasteiger partial charge is 0.345 e. The summed E-state index contributed by atoms with van der Waals surface area (Å²) >= 11 is 0. The molecule has 1 aliphatic heterocycles. The second-order valence-electron chi connectivity index (χ2n) is 7.50. The van der Waals surface area contributed by atoms with E-state index in [9.17, 15) is 9.59 Å². The number of nitrogens with one attached hydrogen (secondary N) is 1. The number of carbonyl (C=O) groups is 2. The molecular weight excluding hydrogens is 360 g/mol. The molecule has 1 fully saturated rings. The Labute approximate surface area is 171 Å². The van der Waals surface area contributed by atoms with Gasteiger partial charge >= 0.3 is 0 Å². The van der Waals surface area contributed by atoms with Gasteiger partial charge in [-0.2, -0.15) is 0 Å². The van der Waals surface area contributed by atoms with E-state index in [4.69, 9.17) is 0 Å². The van der Waals surface area contributed by atoms with Crippen LogP contribution in [0.3, 0.4) is 0 Å². The van der Waals surface area contributed by atoms with Gasteiger partial charge in [0.05, 0.1) is 12.0 Å². The van der Waals surface area contributed by atoms with Crippen molar-refractivity contribution in [2.24, 2.45) is 5.92 Å². The number of aryl methyl sites for hydroxylation is 1. The molecule has 146 valence electrons. The zero-order chi connectivity index (χ0) is 20.2. The van der Waals surface area contributed by atoms with Crippen molar-refractivity contribution >= 4 is 17.5 Å². The Bertz CT molecular complexity index is 945. The fourth-order valence-corrected chi connectivity index (χ4v) is 3.77. The fourth-order valence-electron chi connectivity index (χ4n) is 3.77. The van der Waals surface area contributed by atoms with E-state index in [-0.39, 0.29) is 30.2 Å². The highest BCUT2D eigenvalue weighted by Crippen LogP contribution is 2.27. The number of hydrogen-bond donors (Lipinski definition) is 1. The number of anilines is 1. The molecule has 1 N–H and O–H groups in total. The number of benzene rings is 3. The first kappa shape index (κ1) is 18.9. The molecule has 0 saturated carbocycles. The van der Waals surface area contributed by atoms with Crippen LogP contribution >= 0.6 is 0 Å². The maximum atomic E-state index is 13.1. The van der Waals surface area contributed by atoms with Gasteiger partial charge in [0.25, 0.3) is 0 Å². The summed E-state index contributed by atoms with van der Waals surface area (Å²) in [5.74, 6) is -0.464. The lowest BCUT2D eigenvalue weighted by molar-refractivity contribution is -0.126. The second kappa shape index (κ2) is 8.31. The summed E-state index contributed by atoms with van der Waals surface area (Å²) in [6.45, 7) is 2.42. The number of rotatable bonds is 5. The molecule has 2 amide bonds. The van der Waals surface area contributed by atoms with Crippen molar-refractivity contribution in [3.05, 3.63) is 102 Å². The molecule has 1 atom stereocenters. The Morgan fingerprint density at radius 1 is 0.897 bits per heavy atom. The first-order valence-electron chi connectivity index (χ1n) is 9.89. The van der Waals surface area contributed by atoms with Gasteiger partial charge in [-0.25, -0.2) is 0 Å². The van der Waals surface area contributed by atoms with Gasteiger partial charge in [0.1, 0.15) is 0 Å². The minimum atomic E-state index is -0.362. The summed E-state index contributed by atoms with van der Waals surface area (Å²) in [5.41, 5.74) is 4.03. The van der Waals surface area contributed by atoms with Crippen molar-refractivity contribution in [1.29, 1.82) is 0 Å². The third-order valence-corrected chi connectivity index (χ3v) is 5.39. The first-order valence-corrected chi connectivity index (χ1v) is 9.89. The molecule has 0 radical (unpaired) electrons. The predicted molar refractivity (Wildman–Crippen MR) is 115 cm³/mol. The van der Waals surface area contributed by atoms with Crippen LogP contribution in [-0.2, 0) is 9.59 Å². The maximum Gasteiger partial charge on any atom is 0.227 e. The van der Waals surface area contributed by atoms with Gasteiger partial charge in [0, 0.05) is 18.7 Å². The maximum absolute atomic E-state index is 13.1. The SMILES string of the molecule is Cc1ccc(N2C[C@@H](C(=O)NC(c3ccccc3)c3ccccc3)CC2=O)cc1. The van der Waals surface area contributed by atoms with Crippen molar-refractivity contribution in [3.8, 4) is 0 Å². The van der Waals surface area contributed by atoms with Crippen molar-refractivity contribution in [2.75, 3.05) is 11.4 Å². The first-order chi connectivity index (χ1) is 14.1. The smallest absolute Gasteiger partial charge is 0.227 e. The Morgan fingerprint density at radius 2 is 1.45 bits per heavy atom. The van der Waals surface area contributed by atoms with Crippen LogP contribution in [0, 0.1) is 12.8 Å². The molecule has 1 heterocycles. The Kier molecular flexibility index (Phi) is 5.43. The fraction of sp³-hybridized carbons (Fsp3) is 0.200. The third-order valence-electron chi connectivity index (χ3n) is 5.39. The van der Waals surface area contributed by atoms with Crippen LogP contribution in [0.2, 0.25) is 0 Å².